The van der Waals surface area contributed by atoms with E-state index >= 15 is 0 Å². The van der Waals surface area contributed by atoms with Crippen molar-refractivity contribution in [1.29, 1.82) is 0 Å². The van der Waals surface area contributed by atoms with Crippen LogP contribution in [0.25, 0.3) is 0 Å². The number of nitrogens with two attached hydrogens (primary N) is 1. The van der Waals surface area contributed by atoms with Crippen molar-refractivity contribution in [2.75, 3.05) is 13.1 Å². The molecule has 0 bridgehead atoms. The molecule has 1 atom stereocenters. The second-order valence-corrected chi connectivity index (χ2v) is 3.98. The third-order valence-electron chi connectivity index (χ3n) is 2.54. The van der Waals surface area contributed by atoms with Gasteiger partial charge in [0.1, 0.15) is 0 Å². The lowest BCUT2D eigenvalue weighted by Gasteiger charge is -2.18. The molecule has 0 spiro atoms. The Labute approximate surface area is 85.3 Å². The van der Waals surface area contributed by atoms with E-state index in [2.05, 4.69) is 29.4 Å². The summed E-state index contributed by atoms with van der Waals surface area (Å²) in [7, 11) is 0. The summed E-state index contributed by atoms with van der Waals surface area (Å²) in [6, 6.07) is 0. The fourth-order valence-corrected chi connectivity index (χ4v) is 1.37. The lowest BCUT2D eigenvalue weighted by molar-refractivity contribution is 0.370. The first-order valence-corrected chi connectivity index (χ1v) is 5.12. The second-order valence-electron chi connectivity index (χ2n) is 3.98. The smallest absolute Gasteiger partial charge is 0.0532 e. The Morgan fingerprint density at radius 1 is 1.57 bits per heavy atom. The van der Waals surface area contributed by atoms with E-state index in [0.717, 1.165) is 19.6 Å². The van der Waals surface area contributed by atoms with E-state index in [9.17, 15) is 0 Å². The van der Waals surface area contributed by atoms with Crippen molar-refractivity contribution >= 4 is 0 Å². The van der Waals surface area contributed by atoms with E-state index in [1.54, 1.807) is 0 Å². The first kappa shape index (κ1) is 11.2. The van der Waals surface area contributed by atoms with Crippen molar-refractivity contribution < 1.29 is 0 Å². The second kappa shape index (κ2) is 5.78. The molecule has 0 saturated heterocycles. The molecule has 0 fully saturated rings. The molecule has 80 valence electrons. The van der Waals surface area contributed by atoms with Crippen molar-refractivity contribution in [2.24, 2.45) is 17.6 Å². The van der Waals surface area contributed by atoms with E-state index in [0.29, 0.717) is 11.8 Å². The molecule has 0 amide bonds. The van der Waals surface area contributed by atoms with Crippen LogP contribution in [0.4, 0.5) is 0 Å². The highest BCUT2D eigenvalue weighted by molar-refractivity contribution is 5.01. The van der Waals surface area contributed by atoms with Crippen molar-refractivity contribution in [3.8, 4) is 0 Å². The summed E-state index contributed by atoms with van der Waals surface area (Å²) in [6.45, 7) is 6.99. The predicted octanol–water partition coefficient (Wildman–Crippen LogP) is 0.730. The van der Waals surface area contributed by atoms with Gasteiger partial charge in [-0.05, 0) is 24.9 Å². The molecule has 0 saturated carbocycles. The number of H-pyrrole nitrogens is 1. The number of nitrogens with zero attached hydrogens (tertiary/aromatic N) is 1. The van der Waals surface area contributed by atoms with Crippen LogP contribution in [0.2, 0.25) is 0 Å². The summed E-state index contributed by atoms with van der Waals surface area (Å²) in [5.74, 6) is 1.19. The maximum absolute atomic E-state index is 5.67. The van der Waals surface area contributed by atoms with Crippen LogP contribution in [0.1, 0.15) is 19.4 Å². The summed E-state index contributed by atoms with van der Waals surface area (Å²) in [5.41, 5.74) is 6.86. The number of rotatable bonds is 6. The Morgan fingerprint density at radius 3 is 2.86 bits per heavy atom. The maximum Gasteiger partial charge on any atom is 0.0532 e. The van der Waals surface area contributed by atoms with Crippen LogP contribution in [-0.4, -0.2) is 23.3 Å². The van der Waals surface area contributed by atoms with Gasteiger partial charge in [-0.15, -0.1) is 0 Å². The molecule has 0 aliphatic carbocycles. The Hall–Kier alpha value is -0.870. The third-order valence-corrected chi connectivity index (χ3v) is 2.54. The molecule has 1 aromatic heterocycles. The van der Waals surface area contributed by atoms with E-state index in [1.807, 2.05) is 12.4 Å². The first-order chi connectivity index (χ1) is 6.74. The van der Waals surface area contributed by atoms with Gasteiger partial charge in [-0.3, -0.25) is 5.10 Å². The van der Waals surface area contributed by atoms with Crippen LogP contribution in [0.15, 0.2) is 12.4 Å². The van der Waals surface area contributed by atoms with E-state index < -0.39 is 0 Å². The van der Waals surface area contributed by atoms with E-state index in [4.69, 9.17) is 5.73 Å². The summed E-state index contributed by atoms with van der Waals surface area (Å²) in [5, 5.41) is 10.1. The number of aromatic amines is 1. The molecule has 14 heavy (non-hydrogen) atoms. The average Bonchev–Trinajstić information content (AvgIpc) is 2.64. The zero-order valence-corrected chi connectivity index (χ0v) is 8.96. The van der Waals surface area contributed by atoms with Crippen LogP contribution in [-0.2, 0) is 6.54 Å². The average molecular weight is 196 g/mol. The van der Waals surface area contributed by atoms with Crippen LogP contribution >= 0.6 is 0 Å². The van der Waals surface area contributed by atoms with Crippen molar-refractivity contribution in [3.63, 3.8) is 0 Å². The van der Waals surface area contributed by atoms with Crippen molar-refractivity contribution in [2.45, 2.75) is 20.4 Å². The Balaban J connectivity index is 2.20. The van der Waals surface area contributed by atoms with E-state index in [1.165, 1.54) is 5.56 Å². The largest absolute Gasteiger partial charge is 0.330 e. The molecule has 4 heteroatoms. The predicted molar refractivity (Wildman–Crippen MR) is 57.7 cm³/mol. The number of aromatic nitrogens is 2. The summed E-state index contributed by atoms with van der Waals surface area (Å²) in [4.78, 5) is 0. The van der Waals surface area contributed by atoms with Crippen LogP contribution in [0, 0.1) is 11.8 Å². The fourth-order valence-electron chi connectivity index (χ4n) is 1.37. The molecule has 1 unspecified atom stereocenters. The quantitative estimate of drug-likeness (QED) is 0.628. The SMILES string of the molecule is CC(C)C(CN)CNCc1cn[nH]c1. The first-order valence-electron chi connectivity index (χ1n) is 5.12. The number of hydrogen-bond donors (Lipinski definition) is 3. The third kappa shape index (κ3) is 3.47. The number of nitrogens with one attached hydrogen (secondary N) is 2. The van der Waals surface area contributed by atoms with Crippen molar-refractivity contribution in [3.05, 3.63) is 18.0 Å². The normalized spacial score (nSPS) is 13.4. The number of hydrogen-bond acceptors (Lipinski definition) is 3. The molecule has 0 aliphatic rings. The van der Waals surface area contributed by atoms with Gasteiger partial charge < -0.3 is 11.1 Å². The highest BCUT2D eigenvalue weighted by atomic mass is 15.1. The van der Waals surface area contributed by atoms with Gasteiger partial charge in [0.05, 0.1) is 6.20 Å². The zero-order chi connectivity index (χ0) is 10.4. The molecular formula is C10H20N4. The monoisotopic (exact) mass is 196 g/mol. The summed E-state index contributed by atoms with van der Waals surface area (Å²) in [6.07, 6.45) is 3.74. The maximum atomic E-state index is 5.67. The van der Waals surface area contributed by atoms with Gasteiger partial charge in [-0.1, -0.05) is 13.8 Å². The van der Waals surface area contributed by atoms with Gasteiger partial charge in [-0.25, -0.2) is 0 Å². The van der Waals surface area contributed by atoms with Gasteiger partial charge in [0.2, 0.25) is 0 Å². The van der Waals surface area contributed by atoms with Crippen LogP contribution < -0.4 is 11.1 Å². The molecule has 1 aromatic rings. The topological polar surface area (TPSA) is 66.7 Å². The summed E-state index contributed by atoms with van der Waals surface area (Å²) >= 11 is 0. The van der Waals surface area contributed by atoms with Gasteiger partial charge >= 0.3 is 0 Å². The lowest BCUT2D eigenvalue weighted by Crippen LogP contribution is -2.31. The molecule has 0 aliphatic heterocycles. The highest BCUT2D eigenvalue weighted by Gasteiger charge is 2.10. The molecule has 0 radical (unpaired) electrons. The highest BCUT2D eigenvalue weighted by Crippen LogP contribution is 2.07. The molecule has 1 heterocycles. The minimum absolute atomic E-state index is 0.557. The standard InChI is InChI=1S/C10H20N4/c1-8(2)10(3-11)7-12-4-9-5-13-14-6-9/h5-6,8,10,12H,3-4,7,11H2,1-2H3,(H,13,14). The molecular weight excluding hydrogens is 176 g/mol. The minimum atomic E-state index is 0.557. The fraction of sp³-hybridized carbons (Fsp3) is 0.700. The van der Waals surface area contributed by atoms with Gasteiger partial charge in [0.25, 0.3) is 0 Å². The van der Waals surface area contributed by atoms with Gasteiger partial charge in [0, 0.05) is 18.3 Å². The molecule has 4 nitrogen and oxygen atoms in total. The van der Waals surface area contributed by atoms with E-state index in [-0.39, 0.29) is 0 Å². The van der Waals surface area contributed by atoms with Gasteiger partial charge in [0.15, 0.2) is 0 Å². The Bertz CT molecular complexity index is 230. The summed E-state index contributed by atoms with van der Waals surface area (Å²) < 4.78 is 0. The van der Waals surface area contributed by atoms with Crippen LogP contribution in [0.5, 0.6) is 0 Å². The lowest BCUT2D eigenvalue weighted by atomic mass is 9.96. The molecule has 1 rings (SSSR count). The minimum Gasteiger partial charge on any atom is -0.330 e. The van der Waals surface area contributed by atoms with Gasteiger partial charge in [-0.2, -0.15) is 5.10 Å². The zero-order valence-electron chi connectivity index (χ0n) is 8.96. The molecule has 0 aromatic carbocycles. The van der Waals surface area contributed by atoms with Crippen molar-refractivity contribution in [1.82, 2.24) is 15.5 Å². The molecule has 4 N–H and O–H groups in total. The Morgan fingerprint density at radius 2 is 2.36 bits per heavy atom. The Kier molecular flexibility index (Phi) is 4.62. The van der Waals surface area contributed by atoms with Crippen LogP contribution in [0.3, 0.4) is 0 Å².